The van der Waals surface area contributed by atoms with Gasteiger partial charge in [-0.3, -0.25) is 5.43 Å². The summed E-state index contributed by atoms with van der Waals surface area (Å²) in [5, 5.41) is 7.01. The summed E-state index contributed by atoms with van der Waals surface area (Å²) >= 11 is 5.04. The summed E-state index contributed by atoms with van der Waals surface area (Å²) in [4.78, 5) is 0. The fourth-order valence-electron chi connectivity index (χ4n) is 1.60. The van der Waals surface area contributed by atoms with Crippen LogP contribution >= 0.6 is 12.2 Å². The van der Waals surface area contributed by atoms with Crippen molar-refractivity contribution in [1.29, 1.82) is 0 Å². The third-order valence-electron chi connectivity index (χ3n) is 2.68. The van der Waals surface area contributed by atoms with Crippen molar-refractivity contribution >= 4 is 29.2 Å². The molecule has 0 aliphatic rings. The molecule has 2 aromatic carbocycles. The van der Waals surface area contributed by atoms with E-state index in [0.717, 1.165) is 11.1 Å². The van der Waals surface area contributed by atoms with Crippen molar-refractivity contribution in [2.75, 3.05) is 5.32 Å². The largest absolute Gasteiger partial charge is 0.329 e. The highest BCUT2D eigenvalue weighted by atomic mass is 32.1. The van der Waals surface area contributed by atoms with E-state index in [2.05, 4.69) is 15.8 Å². The van der Waals surface area contributed by atoms with E-state index in [1.807, 2.05) is 31.2 Å². The molecule has 0 spiro atoms. The Bertz CT molecular complexity index is 641. The molecule has 0 bridgehead atoms. The van der Waals surface area contributed by atoms with Crippen LogP contribution < -0.4 is 10.7 Å². The first-order valence-electron chi connectivity index (χ1n) is 6.07. The molecule has 102 valence electrons. The zero-order valence-electron chi connectivity index (χ0n) is 10.9. The average molecular weight is 287 g/mol. The minimum absolute atomic E-state index is 0.236. The zero-order valence-corrected chi connectivity index (χ0v) is 11.7. The van der Waals surface area contributed by atoms with Crippen molar-refractivity contribution in [3.8, 4) is 0 Å². The van der Waals surface area contributed by atoms with Gasteiger partial charge in [-0.25, -0.2) is 4.39 Å². The van der Waals surface area contributed by atoms with E-state index in [1.165, 1.54) is 6.07 Å². The standard InChI is InChI=1S/C15H14FN3S/c1-11-6-2-3-7-12(11)10-17-19-15(20)18-14-9-5-4-8-13(14)16/h2-10H,1H3,(H2,18,19,20)/b17-10-. The molecule has 0 atom stereocenters. The van der Waals surface area contributed by atoms with Crippen molar-refractivity contribution in [3.63, 3.8) is 0 Å². The molecule has 0 unspecified atom stereocenters. The second-order valence-electron chi connectivity index (χ2n) is 4.16. The first-order chi connectivity index (χ1) is 9.66. The topological polar surface area (TPSA) is 36.4 Å². The van der Waals surface area contributed by atoms with E-state index in [4.69, 9.17) is 12.2 Å². The Morgan fingerprint density at radius 1 is 1.15 bits per heavy atom. The highest BCUT2D eigenvalue weighted by Crippen LogP contribution is 2.11. The number of hydrazone groups is 1. The summed E-state index contributed by atoms with van der Waals surface area (Å²) in [7, 11) is 0. The summed E-state index contributed by atoms with van der Waals surface area (Å²) in [5.74, 6) is -0.362. The molecule has 20 heavy (non-hydrogen) atoms. The number of halogens is 1. The molecule has 0 fully saturated rings. The van der Waals surface area contributed by atoms with Gasteiger partial charge in [0.1, 0.15) is 5.82 Å². The molecule has 0 aliphatic heterocycles. The van der Waals surface area contributed by atoms with Gasteiger partial charge in [0.25, 0.3) is 0 Å². The molecule has 0 aromatic heterocycles. The van der Waals surface area contributed by atoms with Crippen LogP contribution in [-0.2, 0) is 0 Å². The Morgan fingerprint density at radius 2 is 1.85 bits per heavy atom. The van der Waals surface area contributed by atoms with Crippen molar-refractivity contribution in [1.82, 2.24) is 5.43 Å². The lowest BCUT2D eigenvalue weighted by Gasteiger charge is -2.07. The van der Waals surface area contributed by atoms with E-state index in [-0.39, 0.29) is 10.9 Å². The molecule has 2 N–H and O–H groups in total. The lowest BCUT2D eigenvalue weighted by molar-refractivity contribution is 0.632. The maximum Gasteiger partial charge on any atom is 0.191 e. The summed E-state index contributed by atoms with van der Waals surface area (Å²) in [5.41, 5.74) is 5.08. The SMILES string of the molecule is Cc1ccccc1/C=N\NC(=S)Nc1ccccc1F. The minimum atomic E-state index is -0.362. The third kappa shape index (κ3) is 3.86. The lowest BCUT2D eigenvalue weighted by Crippen LogP contribution is -2.24. The van der Waals surface area contributed by atoms with Gasteiger partial charge < -0.3 is 5.32 Å². The van der Waals surface area contributed by atoms with E-state index in [1.54, 1.807) is 24.4 Å². The predicted molar refractivity (Wildman–Crippen MR) is 84.5 cm³/mol. The molecule has 0 radical (unpaired) electrons. The Labute approximate surface area is 122 Å². The van der Waals surface area contributed by atoms with Gasteiger partial charge in [-0.15, -0.1) is 0 Å². The normalized spacial score (nSPS) is 10.5. The van der Waals surface area contributed by atoms with E-state index < -0.39 is 0 Å². The predicted octanol–water partition coefficient (Wildman–Crippen LogP) is 3.45. The zero-order chi connectivity index (χ0) is 14.4. The van der Waals surface area contributed by atoms with Gasteiger partial charge in [0.15, 0.2) is 5.11 Å². The van der Waals surface area contributed by atoms with Gasteiger partial charge in [0.2, 0.25) is 0 Å². The van der Waals surface area contributed by atoms with Crippen LogP contribution in [0.1, 0.15) is 11.1 Å². The molecular formula is C15H14FN3S. The molecule has 3 nitrogen and oxygen atoms in total. The molecule has 2 aromatic rings. The number of para-hydroxylation sites is 1. The Balaban J connectivity index is 1.93. The first-order valence-corrected chi connectivity index (χ1v) is 6.48. The number of nitrogens with zero attached hydrogens (tertiary/aromatic N) is 1. The second kappa shape index (κ2) is 6.77. The highest BCUT2D eigenvalue weighted by molar-refractivity contribution is 7.80. The van der Waals surface area contributed by atoms with Crippen LogP contribution in [-0.4, -0.2) is 11.3 Å². The van der Waals surface area contributed by atoms with Gasteiger partial charge in [-0.05, 0) is 42.4 Å². The van der Waals surface area contributed by atoms with Gasteiger partial charge >= 0.3 is 0 Å². The van der Waals surface area contributed by atoms with Crippen LogP contribution in [0, 0.1) is 12.7 Å². The van der Waals surface area contributed by atoms with Crippen LogP contribution in [0.25, 0.3) is 0 Å². The van der Waals surface area contributed by atoms with E-state index >= 15 is 0 Å². The maximum absolute atomic E-state index is 13.4. The van der Waals surface area contributed by atoms with Crippen molar-refractivity contribution in [3.05, 3.63) is 65.5 Å². The van der Waals surface area contributed by atoms with Gasteiger partial charge in [-0.2, -0.15) is 5.10 Å². The van der Waals surface area contributed by atoms with Gasteiger partial charge in [0, 0.05) is 0 Å². The van der Waals surface area contributed by atoms with E-state index in [0.29, 0.717) is 5.69 Å². The fraction of sp³-hybridized carbons (Fsp3) is 0.0667. The lowest BCUT2D eigenvalue weighted by atomic mass is 10.1. The van der Waals surface area contributed by atoms with Crippen molar-refractivity contribution in [2.45, 2.75) is 6.92 Å². The number of hydrogen-bond donors (Lipinski definition) is 2. The number of benzene rings is 2. The molecule has 0 amide bonds. The van der Waals surface area contributed by atoms with Crippen LogP contribution in [0.3, 0.4) is 0 Å². The number of nitrogens with one attached hydrogen (secondary N) is 2. The average Bonchev–Trinajstić information content (AvgIpc) is 2.43. The smallest absolute Gasteiger partial charge is 0.191 e. The summed E-state index contributed by atoms with van der Waals surface area (Å²) in [6.07, 6.45) is 1.67. The van der Waals surface area contributed by atoms with Crippen molar-refractivity contribution in [2.24, 2.45) is 5.10 Å². The Hall–Kier alpha value is -2.27. The Kier molecular flexibility index (Phi) is 4.79. The molecule has 0 saturated carbocycles. The van der Waals surface area contributed by atoms with Gasteiger partial charge in [-0.1, -0.05) is 36.4 Å². The fourth-order valence-corrected chi connectivity index (χ4v) is 1.77. The van der Waals surface area contributed by atoms with Gasteiger partial charge in [0.05, 0.1) is 11.9 Å². The van der Waals surface area contributed by atoms with E-state index in [9.17, 15) is 4.39 Å². The van der Waals surface area contributed by atoms with Crippen molar-refractivity contribution < 1.29 is 4.39 Å². The summed E-state index contributed by atoms with van der Waals surface area (Å²) in [6, 6.07) is 14.2. The van der Waals surface area contributed by atoms with Crippen LogP contribution in [0.5, 0.6) is 0 Å². The maximum atomic E-state index is 13.4. The molecule has 2 rings (SSSR count). The molecule has 0 saturated heterocycles. The number of rotatable bonds is 3. The van der Waals surface area contributed by atoms with Crippen LogP contribution in [0.15, 0.2) is 53.6 Å². The Morgan fingerprint density at radius 3 is 2.60 bits per heavy atom. The monoisotopic (exact) mass is 287 g/mol. The highest BCUT2D eigenvalue weighted by Gasteiger charge is 2.01. The van der Waals surface area contributed by atoms with Crippen LogP contribution in [0.4, 0.5) is 10.1 Å². The number of aryl methyl sites for hydroxylation is 1. The minimum Gasteiger partial charge on any atom is -0.329 e. The number of anilines is 1. The molecule has 0 aliphatic carbocycles. The second-order valence-corrected chi connectivity index (χ2v) is 4.57. The molecule has 0 heterocycles. The summed E-state index contributed by atoms with van der Waals surface area (Å²) < 4.78 is 13.4. The number of hydrogen-bond acceptors (Lipinski definition) is 2. The molecule has 5 heteroatoms. The summed E-state index contributed by atoms with van der Waals surface area (Å²) in [6.45, 7) is 2.00. The molecular weight excluding hydrogens is 273 g/mol. The van der Waals surface area contributed by atoms with Crippen LogP contribution in [0.2, 0.25) is 0 Å². The quantitative estimate of drug-likeness (QED) is 0.516. The first kappa shape index (κ1) is 14.1. The third-order valence-corrected chi connectivity index (χ3v) is 2.87. The number of thiocarbonyl (C=S) groups is 1.